The van der Waals surface area contributed by atoms with E-state index in [1.54, 1.807) is 0 Å². The minimum atomic E-state index is -0.00863. The number of benzene rings is 5. The van der Waals surface area contributed by atoms with Crippen LogP contribution in [-0.4, -0.2) is 6.71 Å². The summed E-state index contributed by atoms with van der Waals surface area (Å²) in [4.78, 5) is 5.20. The summed E-state index contributed by atoms with van der Waals surface area (Å²) >= 11 is 0. The molecule has 0 saturated carbocycles. The van der Waals surface area contributed by atoms with E-state index >= 15 is 0 Å². The van der Waals surface area contributed by atoms with Gasteiger partial charge in [-0.15, -0.1) is 0 Å². The molecule has 0 spiro atoms. The maximum absolute atomic E-state index is 2.60. The van der Waals surface area contributed by atoms with Gasteiger partial charge in [0, 0.05) is 34.1 Å². The molecule has 5 aromatic carbocycles. The molecule has 0 N–H and O–H groups in total. The van der Waals surface area contributed by atoms with E-state index in [1.165, 1.54) is 83.9 Å². The number of hydrogen-bond donors (Lipinski definition) is 0. The molecular formula is C54H69BN2. The lowest BCUT2D eigenvalue weighted by Gasteiger charge is -2.45. The molecule has 2 aliphatic heterocycles. The minimum Gasteiger partial charge on any atom is -0.311 e. The first-order chi connectivity index (χ1) is 26.0. The van der Waals surface area contributed by atoms with Crippen LogP contribution in [0.25, 0.3) is 0 Å². The monoisotopic (exact) mass is 757 g/mol. The van der Waals surface area contributed by atoms with Crippen molar-refractivity contribution in [1.29, 1.82) is 0 Å². The van der Waals surface area contributed by atoms with Gasteiger partial charge < -0.3 is 9.80 Å². The van der Waals surface area contributed by atoms with Crippen LogP contribution >= 0.6 is 0 Å². The molecule has 0 bridgehead atoms. The van der Waals surface area contributed by atoms with Gasteiger partial charge in [0.05, 0.1) is 0 Å². The smallest absolute Gasteiger partial charge is 0.252 e. The Morgan fingerprint density at radius 2 is 0.614 bits per heavy atom. The maximum atomic E-state index is 2.60. The van der Waals surface area contributed by atoms with Gasteiger partial charge in [-0.3, -0.25) is 0 Å². The van der Waals surface area contributed by atoms with Gasteiger partial charge >= 0.3 is 0 Å². The molecule has 7 rings (SSSR count). The van der Waals surface area contributed by atoms with Crippen LogP contribution in [0, 0.1) is 0 Å². The van der Waals surface area contributed by atoms with E-state index < -0.39 is 0 Å². The highest BCUT2D eigenvalue weighted by molar-refractivity contribution is 7.00. The highest BCUT2D eigenvalue weighted by Crippen LogP contribution is 2.47. The van der Waals surface area contributed by atoms with Crippen molar-refractivity contribution < 1.29 is 0 Å². The zero-order valence-corrected chi connectivity index (χ0v) is 38.6. The lowest BCUT2D eigenvalue weighted by atomic mass is 9.33. The molecule has 2 heterocycles. The molecular weight excluding hydrogens is 687 g/mol. The Morgan fingerprint density at radius 1 is 0.316 bits per heavy atom. The molecule has 0 unspecified atom stereocenters. The standard InChI is InChI=1S/C54H69BN2/c1-49(2,3)34-22-24-44-42(32-34)55-43-33-35(50(4,5)6)23-25-45(43)57(41-30-38(53(13,14)15)27-39(31-41)54(16,17)18)47-21-19-20-46(48(47)55)56(44)40-28-36(51(7,8)9)26-37(29-40)52(10,11)12/h19-33H,1-18H3. The summed E-state index contributed by atoms with van der Waals surface area (Å²) in [5.74, 6) is 0. The van der Waals surface area contributed by atoms with Crippen molar-refractivity contribution in [2.45, 2.75) is 157 Å². The van der Waals surface area contributed by atoms with E-state index in [-0.39, 0.29) is 39.2 Å². The van der Waals surface area contributed by atoms with Crippen molar-refractivity contribution >= 4 is 57.2 Å². The predicted octanol–water partition coefficient (Wildman–Crippen LogP) is 13.6. The van der Waals surface area contributed by atoms with Gasteiger partial charge in [0.1, 0.15) is 0 Å². The lowest BCUT2D eigenvalue weighted by molar-refractivity contribution is 0.568. The molecule has 0 saturated heterocycles. The van der Waals surface area contributed by atoms with Crippen molar-refractivity contribution in [1.82, 2.24) is 0 Å². The molecule has 3 heteroatoms. The molecule has 0 fully saturated rings. The normalized spacial score (nSPS) is 14.7. The van der Waals surface area contributed by atoms with Crippen molar-refractivity contribution in [3.63, 3.8) is 0 Å². The third kappa shape index (κ3) is 7.38. The highest BCUT2D eigenvalue weighted by atomic mass is 15.2. The van der Waals surface area contributed by atoms with Gasteiger partial charge in [-0.25, -0.2) is 0 Å². The first kappa shape index (κ1) is 40.9. The van der Waals surface area contributed by atoms with Gasteiger partial charge in [-0.2, -0.15) is 0 Å². The minimum absolute atomic E-state index is 0.00124. The number of hydrogen-bond acceptors (Lipinski definition) is 2. The van der Waals surface area contributed by atoms with Crippen molar-refractivity contribution in [3.05, 3.63) is 124 Å². The van der Waals surface area contributed by atoms with Gasteiger partial charge in [0.25, 0.3) is 6.71 Å². The topological polar surface area (TPSA) is 6.48 Å². The highest BCUT2D eigenvalue weighted by Gasteiger charge is 2.44. The Labute approximate surface area is 347 Å². The number of fused-ring (bicyclic) bond motifs is 4. The fourth-order valence-electron chi connectivity index (χ4n) is 8.65. The van der Waals surface area contributed by atoms with E-state index in [2.05, 4.69) is 225 Å². The van der Waals surface area contributed by atoms with Crippen LogP contribution in [-0.2, 0) is 32.5 Å². The van der Waals surface area contributed by atoms with Crippen LogP contribution in [0.5, 0.6) is 0 Å². The van der Waals surface area contributed by atoms with E-state index in [1.807, 2.05) is 0 Å². The summed E-state index contributed by atoms with van der Waals surface area (Å²) in [7, 11) is 0. The first-order valence-corrected chi connectivity index (χ1v) is 21.4. The van der Waals surface area contributed by atoms with Crippen LogP contribution in [0.2, 0.25) is 0 Å². The maximum Gasteiger partial charge on any atom is 0.252 e. The van der Waals surface area contributed by atoms with Crippen LogP contribution in [0.4, 0.5) is 34.1 Å². The molecule has 0 aromatic heterocycles. The number of nitrogens with zero attached hydrogens (tertiary/aromatic N) is 2. The molecule has 0 amide bonds. The van der Waals surface area contributed by atoms with Crippen molar-refractivity contribution in [3.8, 4) is 0 Å². The van der Waals surface area contributed by atoms with Crippen molar-refractivity contribution in [2.24, 2.45) is 0 Å². The number of rotatable bonds is 2. The third-order valence-corrected chi connectivity index (χ3v) is 12.5. The summed E-state index contributed by atoms with van der Waals surface area (Å²) in [5.41, 5.74) is 19.8. The third-order valence-electron chi connectivity index (χ3n) is 12.5. The van der Waals surface area contributed by atoms with Crippen LogP contribution in [0.3, 0.4) is 0 Å². The fraction of sp³-hybridized carbons (Fsp3) is 0.444. The summed E-state index contributed by atoms with van der Waals surface area (Å²) < 4.78 is 0. The predicted molar refractivity (Wildman–Crippen MR) is 253 cm³/mol. The largest absolute Gasteiger partial charge is 0.311 e. The van der Waals surface area contributed by atoms with Crippen molar-refractivity contribution in [2.75, 3.05) is 9.80 Å². The van der Waals surface area contributed by atoms with Gasteiger partial charge in [-0.1, -0.05) is 167 Å². The summed E-state index contributed by atoms with van der Waals surface area (Å²) in [6.07, 6.45) is 0. The molecule has 2 nitrogen and oxygen atoms in total. The second-order valence-electron chi connectivity index (χ2n) is 23.4. The average molecular weight is 757 g/mol. The Balaban J connectivity index is 1.63. The lowest BCUT2D eigenvalue weighted by Crippen LogP contribution is -2.61. The molecule has 0 atom stereocenters. The Bertz CT molecular complexity index is 2140. The van der Waals surface area contributed by atoms with Crippen LogP contribution in [0.15, 0.2) is 91.0 Å². The second kappa shape index (κ2) is 13.1. The molecule has 57 heavy (non-hydrogen) atoms. The Hall–Kier alpha value is -4.24. The molecule has 2 aliphatic rings. The van der Waals surface area contributed by atoms with Crippen LogP contribution in [0.1, 0.15) is 158 Å². The molecule has 5 aromatic rings. The summed E-state index contributed by atoms with van der Waals surface area (Å²) in [5, 5.41) is 0. The number of anilines is 6. The second-order valence-corrected chi connectivity index (χ2v) is 23.4. The van der Waals surface area contributed by atoms with Gasteiger partial charge in [0.2, 0.25) is 0 Å². The average Bonchev–Trinajstić information content (AvgIpc) is 3.08. The van der Waals surface area contributed by atoms with E-state index in [4.69, 9.17) is 0 Å². The Kier molecular flexibility index (Phi) is 9.44. The van der Waals surface area contributed by atoms with E-state index in [0.29, 0.717) is 0 Å². The first-order valence-electron chi connectivity index (χ1n) is 21.4. The van der Waals surface area contributed by atoms with Gasteiger partial charge in [-0.05, 0) is 131 Å². The van der Waals surface area contributed by atoms with E-state index in [0.717, 1.165) is 0 Å². The summed E-state index contributed by atoms with van der Waals surface area (Å²) in [6, 6.07) is 36.5. The molecule has 0 radical (unpaired) electrons. The molecule has 298 valence electrons. The van der Waals surface area contributed by atoms with E-state index in [9.17, 15) is 0 Å². The summed E-state index contributed by atoms with van der Waals surface area (Å²) in [6.45, 7) is 42.3. The van der Waals surface area contributed by atoms with Crippen LogP contribution < -0.4 is 26.2 Å². The van der Waals surface area contributed by atoms with Gasteiger partial charge in [0.15, 0.2) is 0 Å². The fourth-order valence-corrected chi connectivity index (χ4v) is 8.65. The zero-order valence-electron chi connectivity index (χ0n) is 38.6. The Morgan fingerprint density at radius 3 is 0.895 bits per heavy atom. The quantitative estimate of drug-likeness (QED) is 0.162. The molecule has 0 aliphatic carbocycles. The zero-order chi connectivity index (χ0) is 42.0. The SMILES string of the molecule is CC(C)(C)c1cc(N2c3ccc(C(C)(C)C)cc3B3c4cc(C(C)(C)C)ccc4N(c4cc(C(C)(C)C)cc(C(C)(C)C)c4)c4cccc2c43)cc(C(C)(C)C)c1.